The molecule has 0 saturated heterocycles. The highest BCUT2D eigenvalue weighted by molar-refractivity contribution is 7.99. The third-order valence-electron chi connectivity index (χ3n) is 3.50. The molecule has 2 aromatic heterocycles. The molecule has 0 fully saturated rings. The number of anilines is 1. The number of alkyl halides is 3. The summed E-state index contributed by atoms with van der Waals surface area (Å²) in [6, 6.07) is 3.54. The molecule has 0 aliphatic carbocycles. The van der Waals surface area contributed by atoms with Gasteiger partial charge in [0.1, 0.15) is 5.25 Å². The van der Waals surface area contributed by atoms with E-state index in [0.29, 0.717) is 11.4 Å². The van der Waals surface area contributed by atoms with Gasteiger partial charge in [-0.2, -0.15) is 30.0 Å². The van der Waals surface area contributed by atoms with Crippen molar-refractivity contribution in [3.63, 3.8) is 0 Å². The van der Waals surface area contributed by atoms with Crippen molar-refractivity contribution >= 4 is 29.1 Å². The molecule has 0 saturated carbocycles. The molecule has 0 amide bonds. The zero-order chi connectivity index (χ0) is 18.4. The number of pyridine rings is 1. The summed E-state index contributed by atoms with van der Waals surface area (Å²) >= 11 is 6.95. The van der Waals surface area contributed by atoms with Gasteiger partial charge in [0.25, 0.3) is 0 Å². The van der Waals surface area contributed by atoms with Gasteiger partial charge in [0.15, 0.2) is 5.15 Å². The summed E-state index contributed by atoms with van der Waals surface area (Å²) in [5.41, 5.74) is 1.18. The van der Waals surface area contributed by atoms with E-state index in [2.05, 4.69) is 16.0 Å². The second-order valence-corrected chi connectivity index (χ2v) is 6.54. The summed E-state index contributed by atoms with van der Waals surface area (Å²) in [6.07, 6.45) is 7.31. The zero-order valence-corrected chi connectivity index (χ0v) is 14.9. The summed E-state index contributed by atoms with van der Waals surface area (Å²) in [6.45, 7) is 0.255. The smallest absolute Gasteiger partial charge is 0.357 e. The molecule has 1 atom stereocenters. The Morgan fingerprint density at radius 3 is 2.80 bits per heavy atom. The first-order valence-electron chi connectivity index (χ1n) is 7.30. The lowest BCUT2D eigenvalue weighted by molar-refractivity contribution is -0.129. The fraction of sp³-hybridized carbons (Fsp3) is 0.375. The average molecular weight is 389 g/mol. The van der Waals surface area contributed by atoms with E-state index < -0.39 is 11.4 Å². The largest absolute Gasteiger partial charge is 0.400 e. The third-order valence-corrected chi connectivity index (χ3v) is 4.84. The maximum atomic E-state index is 12.9. The van der Waals surface area contributed by atoms with Crippen molar-refractivity contribution in [2.45, 2.75) is 17.8 Å². The molecule has 25 heavy (non-hydrogen) atoms. The van der Waals surface area contributed by atoms with Gasteiger partial charge in [-0.25, -0.2) is 4.68 Å². The molecule has 2 heterocycles. The van der Waals surface area contributed by atoms with Crippen LogP contribution < -0.4 is 4.90 Å². The van der Waals surface area contributed by atoms with Crippen molar-refractivity contribution in [3.05, 3.63) is 35.9 Å². The Morgan fingerprint density at radius 1 is 1.48 bits per heavy atom. The van der Waals surface area contributed by atoms with Gasteiger partial charge in [-0.3, -0.25) is 4.98 Å². The third kappa shape index (κ3) is 5.06. The second-order valence-electron chi connectivity index (χ2n) is 5.14. The summed E-state index contributed by atoms with van der Waals surface area (Å²) in [4.78, 5) is 5.62. The van der Waals surface area contributed by atoms with E-state index in [-0.39, 0.29) is 24.7 Å². The van der Waals surface area contributed by atoms with E-state index in [0.717, 1.165) is 11.8 Å². The highest BCUT2D eigenvalue weighted by atomic mass is 35.5. The van der Waals surface area contributed by atoms with Crippen molar-refractivity contribution < 1.29 is 13.2 Å². The molecule has 0 spiro atoms. The molecule has 0 aliphatic rings. The maximum Gasteiger partial charge on any atom is 0.400 e. The van der Waals surface area contributed by atoms with E-state index >= 15 is 0 Å². The lowest BCUT2D eigenvalue weighted by Gasteiger charge is -2.24. The average Bonchev–Trinajstić information content (AvgIpc) is 2.96. The lowest BCUT2D eigenvalue weighted by Crippen LogP contribution is -2.32. The van der Waals surface area contributed by atoms with Crippen LogP contribution in [0.5, 0.6) is 0 Å². The molecular weight excluding hydrogens is 373 g/mol. The molecule has 0 N–H and O–H groups in total. The molecule has 4 nitrogen and oxygen atoms in total. The normalized spacial score (nSPS) is 12.6. The van der Waals surface area contributed by atoms with Crippen LogP contribution in [0.4, 0.5) is 18.9 Å². The first-order chi connectivity index (χ1) is 11.9. The standard InChI is InChI=1S/C16H16ClF3N4S/c1-3-8-23(9-6-14(25-2)16(18,19)20)13-11-24(22-15(13)17)12-5-4-7-21-10-12/h1,4-5,7,10-11,14H,6,8-9H2,2H3. The molecule has 0 aromatic carbocycles. The molecule has 0 radical (unpaired) electrons. The topological polar surface area (TPSA) is 34.0 Å². The lowest BCUT2D eigenvalue weighted by atomic mass is 10.2. The summed E-state index contributed by atoms with van der Waals surface area (Å²) in [7, 11) is 0. The van der Waals surface area contributed by atoms with Gasteiger partial charge in [0.05, 0.1) is 30.3 Å². The van der Waals surface area contributed by atoms with Gasteiger partial charge in [-0.15, -0.1) is 6.42 Å². The fourth-order valence-corrected chi connectivity index (χ4v) is 3.12. The Morgan fingerprint density at radius 2 is 2.24 bits per heavy atom. The quantitative estimate of drug-likeness (QED) is 0.670. The van der Waals surface area contributed by atoms with Crippen LogP contribution in [0.15, 0.2) is 30.7 Å². The predicted octanol–water partition coefficient (Wildman–Crippen LogP) is 4.04. The zero-order valence-electron chi connectivity index (χ0n) is 13.4. The first-order valence-corrected chi connectivity index (χ1v) is 8.97. The van der Waals surface area contributed by atoms with Crippen LogP contribution in [-0.4, -0.2) is 45.5 Å². The van der Waals surface area contributed by atoms with Crippen molar-refractivity contribution in [1.29, 1.82) is 0 Å². The van der Waals surface area contributed by atoms with Gasteiger partial charge in [0.2, 0.25) is 0 Å². The summed E-state index contributed by atoms with van der Waals surface area (Å²) in [5, 5.41) is 2.90. The fourth-order valence-electron chi connectivity index (χ4n) is 2.26. The van der Waals surface area contributed by atoms with Crippen molar-refractivity contribution in [3.8, 4) is 18.0 Å². The molecule has 0 bridgehead atoms. The maximum absolute atomic E-state index is 12.9. The monoisotopic (exact) mass is 388 g/mol. The summed E-state index contributed by atoms with van der Waals surface area (Å²) < 4.78 is 40.3. The van der Waals surface area contributed by atoms with Crippen LogP contribution in [-0.2, 0) is 0 Å². The van der Waals surface area contributed by atoms with E-state index in [1.54, 1.807) is 35.6 Å². The molecule has 0 aliphatic heterocycles. The number of nitrogens with zero attached hydrogens (tertiary/aromatic N) is 4. The Bertz CT molecular complexity index is 727. The molecule has 2 rings (SSSR count). The van der Waals surface area contributed by atoms with E-state index in [1.165, 1.54) is 10.9 Å². The summed E-state index contributed by atoms with van der Waals surface area (Å²) in [5.74, 6) is 2.45. The van der Waals surface area contributed by atoms with Crippen molar-refractivity contribution in [2.75, 3.05) is 24.2 Å². The van der Waals surface area contributed by atoms with Crippen molar-refractivity contribution in [2.24, 2.45) is 0 Å². The Balaban J connectivity index is 2.20. The van der Waals surface area contributed by atoms with E-state index in [9.17, 15) is 13.2 Å². The van der Waals surface area contributed by atoms with Gasteiger partial charge in [-0.1, -0.05) is 17.5 Å². The van der Waals surface area contributed by atoms with Gasteiger partial charge in [0, 0.05) is 12.7 Å². The van der Waals surface area contributed by atoms with Gasteiger partial charge < -0.3 is 4.90 Å². The van der Waals surface area contributed by atoms with E-state index in [1.807, 2.05) is 0 Å². The number of thioether (sulfide) groups is 1. The number of terminal acetylenes is 1. The Labute approximate surface area is 153 Å². The Kier molecular flexibility index (Phi) is 6.62. The minimum atomic E-state index is -4.26. The number of halogens is 4. The van der Waals surface area contributed by atoms with Crippen LogP contribution in [0.3, 0.4) is 0 Å². The first kappa shape index (κ1) is 19.5. The molecule has 1 unspecified atom stereocenters. The Hall–Kier alpha value is -1.85. The van der Waals surface area contributed by atoms with Gasteiger partial charge >= 0.3 is 6.18 Å². The van der Waals surface area contributed by atoms with Crippen molar-refractivity contribution in [1.82, 2.24) is 14.8 Å². The molecular formula is C16H16ClF3N4S. The number of rotatable bonds is 7. The molecule has 9 heteroatoms. The number of hydrogen-bond donors (Lipinski definition) is 0. The highest BCUT2D eigenvalue weighted by Crippen LogP contribution is 2.33. The second kappa shape index (κ2) is 8.50. The predicted molar refractivity (Wildman–Crippen MR) is 95.4 cm³/mol. The van der Waals surface area contributed by atoms with Crippen LogP contribution in [0.2, 0.25) is 5.15 Å². The van der Waals surface area contributed by atoms with Crippen LogP contribution >= 0.6 is 23.4 Å². The number of aromatic nitrogens is 3. The highest BCUT2D eigenvalue weighted by Gasteiger charge is 2.38. The van der Waals surface area contributed by atoms with Crippen LogP contribution in [0.25, 0.3) is 5.69 Å². The van der Waals surface area contributed by atoms with Crippen LogP contribution in [0.1, 0.15) is 6.42 Å². The SMILES string of the molecule is C#CCN(CCC(SC)C(F)(F)F)c1cn(-c2cccnc2)nc1Cl. The molecule has 134 valence electrons. The number of hydrogen-bond acceptors (Lipinski definition) is 4. The minimum absolute atomic E-state index is 0.0965. The van der Waals surface area contributed by atoms with E-state index in [4.69, 9.17) is 18.0 Å². The van der Waals surface area contributed by atoms with Gasteiger partial charge in [-0.05, 0) is 24.8 Å². The minimum Gasteiger partial charge on any atom is -0.357 e. The molecule has 2 aromatic rings. The van der Waals surface area contributed by atoms with Crippen LogP contribution in [0, 0.1) is 12.3 Å².